The molecule has 0 bridgehead atoms. The Hall–Kier alpha value is -3.09. The number of benzene rings is 1. The Morgan fingerprint density at radius 2 is 2.07 bits per heavy atom. The van der Waals surface area contributed by atoms with E-state index >= 15 is 0 Å². The predicted molar refractivity (Wildman–Crippen MR) is 118 cm³/mol. The topological polar surface area (TPSA) is 78.9 Å². The molecule has 1 aromatic heterocycles. The van der Waals surface area contributed by atoms with Crippen molar-refractivity contribution in [1.29, 1.82) is 0 Å². The SMILES string of the molecule is CCNC(=NCc1cccnc1OC)NCC1CC(=O)N(CCc2ccccc2)C1. The number of aliphatic imine (C=N–C) groups is 1. The third-order valence-electron chi connectivity index (χ3n) is 5.16. The number of ether oxygens (including phenoxy) is 1. The van der Waals surface area contributed by atoms with Crippen molar-refractivity contribution in [2.45, 2.75) is 26.3 Å². The van der Waals surface area contributed by atoms with Crippen molar-refractivity contribution in [1.82, 2.24) is 20.5 Å². The molecule has 160 valence electrons. The van der Waals surface area contributed by atoms with Gasteiger partial charge in [0.05, 0.1) is 13.7 Å². The standard InChI is InChI=1S/C23H31N5O2/c1-3-24-23(27-16-20-10-7-12-25-22(20)30-2)26-15-19-14-21(29)28(17-19)13-11-18-8-5-4-6-9-18/h4-10,12,19H,3,11,13-17H2,1-2H3,(H2,24,26,27). The van der Waals surface area contributed by atoms with E-state index in [0.717, 1.165) is 37.6 Å². The number of amides is 1. The maximum absolute atomic E-state index is 12.4. The monoisotopic (exact) mass is 409 g/mol. The summed E-state index contributed by atoms with van der Waals surface area (Å²) in [6.45, 7) is 5.54. The van der Waals surface area contributed by atoms with Gasteiger partial charge in [0, 0.05) is 50.3 Å². The average Bonchev–Trinajstić information content (AvgIpc) is 3.14. The largest absolute Gasteiger partial charge is 0.481 e. The van der Waals surface area contributed by atoms with E-state index in [1.807, 2.05) is 42.2 Å². The second-order valence-electron chi connectivity index (χ2n) is 7.39. The van der Waals surface area contributed by atoms with Crippen molar-refractivity contribution in [2.75, 3.05) is 33.3 Å². The second-order valence-corrected chi connectivity index (χ2v) is 7.39. The van der Waals surface area contributed by atoms with Gasteiger partial charge < -0.3 is 20.3 Å². The summed E-state index contributed by atoms with van der Waals surface area (Å²) in [7, 11) is 1.61. The molecule has 1 amide bonds. The van der Waals surface area contributed by atoms with E-state index in [0.29, 0.717) is 25.4 Å². The number of nitrogens with one attached hydrogen (secondary N) is 2. The molecule has 1 aliphatic rings. The lowest BCUT2D eigenvalue weighted by molar-refractivity contribution is -0.127. The molecule has 2 heterocycles. The molecule has 1 aromatic carbocycles. The number of pyridine rings is 1. The van der Waals surface area contributed by atoms with E-state index < -0.39 is 0 Å². The number of carbonyl (C=O) groups is 1. The number of nitrogens with zero attached hydrogens (tertiary/aromatic N) is 3. The van der Waals surface area contributed by atoms with Crippen LogP contribution in [-0.4, -0.2) is 55.0 Å². The first kappa shape index (κ1) is 21.6. The van der Waals surface area contributed by atoms with Gasteiger partial charge in [-0.2, -0.15) is 0 Å². The van der Waals surface area contributed by atoms with Gasteiger partial charge in [0.15, 0.2) is 5.96 Å². The number of methoxy groups -OCH3 is 1. The molecule has 0 spiro atoms. The summed E-state index contributed by atoms with van der Waals surface area (Å²) >= 11 is 0. The fraction of sp³-hybridized carbons (Fsp3) is 0.435. The molecule has 0 saturated carbocycles. The van der Waals surface area contributed by atoms with Crippen LogP contribution in [0.3, 0.4) is 0 Å². The zero-order valence-electron chi connectivity index (χ0n) is 17.8. The van der Waals surface area contributed by atoms with Gasteiger partial charge in [-0.3, -0.25) is 4.79 Å². The van der Waals surface area contributed by atoms with Crippen LogP contribution in [0.15, 0.2) is 53.7 Å². The molecule has 0 aliphatic carbocycles. The Morgan fingerprint density at radius 1 is 1.23 bits per heavy atom. The minimum atomic E-state index is 0.236. The smallest absolute Gasteiger partial charge is 0.223 e. The fourth-order valence-electron chi connectivity index (χ4n) is 3.59. The molecule has 1 saturated heterocycles. The molecular weight excluding hydrogens is 378 g/mol. The van der Waals surface area contributed by atoms with E-state index in [1.165, 1.54) is 5.56 Å². The lowest BCUT2D eigenvalue weighted by Crippen LogP contribution is -2.40. The summed E-state index contributed by atoms with van der Waals surface area (Å²) in [6, 6.07) is 14.1. The van der Waals surface area contributed by atoms with Crippen LogP contribution < -0.4 is 15.4 Å². The van der Waals surface area contributed by atoms with Crippen LogP contribution in [0.5, 0.6) is 5.88 Å². The minimum Gasteiger partial charge on any atom is -0.481 e. The van der Waals surface area contributed by atoms with Crippen molar-refractivity contribution in [3.8, 4) is 5.88 Å². The molecule has 1 fully saturated rings. The maximum Gasteiger partial charge on any atom is 0.223 e. The van der Waals surface area contributed by atoms with Crippen LogP contribution in [0.25, 0.3) is 0 Å². The van der Waals surface area contributed by atoms with Gasteiger partial charge in [-0.05, 0) is 25.0 Å². The summed E-state index contributed by atoms with van der Waals surface area (Å²) in [6.07, 6.45) is 3.18. The molecule has 7 heteroatoms. The first-order chi connectivity index (χ1) is 14.7. The normalized spacial score (nSPS) is 16.6. The Kier molecular flexibility index (Phi) is 8.06. The Labute approximate surface area is 178 Å². The summed E-state index contributed by atoms with van der Waals surface area (Å²) in [4.78, 5) is 23.2. The molecule has 30 heavy (non-hydrogen) atoms. The molecular formula is C23H31N5O2. The lowest BCUT2D eigenvalue weighted by Gasteiger charge is -2.18. The molecule has 7 nitrogen and oxygen atoms in total. The molecule has 1 atom stereocenters. The number of carbonyl (C=O) groups excluding carboxylic acids is 1. The summed E-state index contributed by atoms with van der Waals surface area (Å²) in [5, 5.41) is 6.65. The van der Waals surface area contributed by atoms with E-state index in [1.54, 1.807) is 13.3 Å². The number of hydrogen-bond donors (Lipinski definition) is 2. The number of likely N-dealkylation sites (tertiary alicyclic amines) is 1. The number of guanidine groups is 1. The van der Waals surface area contributed by atoms with Gasteiger partial charge >= 0.3 is 0 Å². The van der Waals surface area contributed by atoms with Gasteiger partial charge in [-0.15, -0.1) is 0 Å². The van der Waals surface area contributed by atoms with Gasteiger partial charge in [0.1, 0.15) is 0 Å². The van der Waals surface area contributed by atoms with Gasteiger partial charge in [0.2, 0.25) is 11.8 Å². The Morgan fingerprint density at radius 3 is 2.83 bits per heavy atom. The van der Waals surface area contributed by atoms with Gasteiger partial charge in [-0.1, -0.05) is 36.4 Å². The molecule has 3 rings (SSSR count). The van der Waals surface area contributed by atoms with Crippen LogP contribution in [0.2, 0.25) is 0 Å². The van der Waals surface area contributed by atoms with E-state index in [2.05, 4.69) is 32.7 Å². The third-order valence-corrected chi connectivity index (χ3v) is 5.16. The molecule has 1 aliphatic heterocycles. The van der Waals surface area contributed by atoms with Crippen LogP contribution >= 0.6 is 0 Å². The molecule has 1 unspecified atom stereocenters. The van der Waals surface area contributed by atoms with Crippen LogP contribution in [0.4, 0.5) is 0 Å². The molecule has 0 radical (unpaired) electrons. The van der Waals surface area contributed by atoms with Gasteiger partial charge in [0.25, 0.3) is 0 Å². The zero-order valence-corrected chi connectivity index (χ0v) is 17.8. The number of aromatic nitrogens is 1. The summed E-state index contributed by atoms with van der Waals surface area (Å²) in [5.41, 5.74) is 2.19. The molecule has 2 N–H and O–H groups in total. The van der Waals surface area contributed by atoms with Crippen LogP contribution in [-0.2, 0) is 17.8 Å². The van der Waals surface area contributed by atoms with Crippen LogP contribution in [0.1, 0.15) is 24.5 Å². The Balaban J connectivity index is 1.50. The first-order valence-electron chi connectivity index (χ1n) is 10.5. The summed E-state index contributed by atoms with van der Waals surface area (Å²) in [5.74, 6) is 1.84. The molecule has 2 aromatic rings. The maximum atomic E-state index is 12.4. The van der Waals surface area contributed by atoms with E-state index in [4.69, 9.17) is 4.74 Å². The second kappa shape index (κ2) is 11.2. The zero-order chi connectivity index (χ0) is 21.2. The predicted octanol–water partition coefficient (Wildman–Crippen LogP) is 2.24. The fourth-order valence-corrected chi connectivity index (χ4v) is 3.59. The van der Waals surface area contributed by atoms with Crippen LogP contribution in [0, 0.1) is 5.92 Å². The van der Waals surface area contributed by atoms with Crippen molar-refractivity contribution in [3.63, 3.8) is 0 Å². The third kappa shape index (κ3) is 6.20. The number of rotatable bonds is 9. The quantitative estimate of drug-likeness (QED) is 0.491. The van der Waals surface area contributed by atoms with Crippen molar-refractivity contribution >= 4 is 11.9 Å². The van der Waals surface area contributed by atoms with Crippen molar-refractivity contribution in [3.05, 3.63) is 59.8 Å². The first-order valence-corrected chi connectivity index (χ1v) is 10.5. The van der Waals surface area contributed by atoms with E-state index in [-0.39, 0.29) is 11.8 Å². The minimum absolute atomic E-state index is 0.236. The number of hydrogen-bond acceptors (Lipinski definition) is 4. The highest BCUT2D eigenvalue weighted by atomic mass is 16.5. The van der Waals surface area contributed by atoms with E-state index in [9.17, 15) is 4.79 Å². The Bertz CT molecular complexity index is 840. The highest BCUT2D eigenvalue weighted by molar-refractivity contribution is 5.81. The van der Waals surface area contributed by atoms with Gasteiger partial charge in [-0.25, -0.2) is 9.98 Å². The van der Waals surface area contributed by atoms with Crippen molar-refractivity contribution in [2.24, 2.45) is 10.9 Å². The summed E-state index contributed by atoms with van der Waals surface area (Å²) < 4.78 is 5.29. The lowest BCUT2D eigenvalue weighted by atomic mass is 10.1. The average molecular weight is 410 g/mol. The highest BCUT2D eigenvalue weighted by Gasteiger charge is 2.29. The highest BCUT2D eigenvalue weighted by Crippen LogP contribution is 2.18. The van der Waals surface area contributed by atoms with Crippen molar-refractivity contribution < 1.29 is 9.53 Å².